The summed E-state index contributed by atoms with van der Waals surface area (Å²) in [5.74, 6) is -2.72. The Morgan fingerprint density at radius 1 is 0.696 bits per heavy atom. The topological polar surface area (TPSA) is 339 Å². The lowest BCUT2D eigenvalue weighted by molar-refractivity contribution is -0.351. The van der Waals surface area contributed by atoms with Crippen molar-refractivity contribution in [3.05, 3.63) is 0 Å². The van der Waals surface area contributed by atoms with Gasteiger partial charge in [0, 0.05) is 13.8 Å². The van der Waals surface area contributed by atoms with Crippen molar-refractivity contribution >= 4 is 17.8 Å². The number of hydrogen-bond acceptors (Lipinski definition) is 18. The second-order valence-corrected chi connectivity index (χ2v) is 11.1. The van der Waals surface area contributed by atoms with Crippen LogP contribution in [0.3, 0.4) is 0 Å². The minimum Gasteiger partial charge on any atom is -0.480 e. The molecule has 21 heteroatoms. The average Bonchev–Trinajstić information content (AvgIpc) is 3.00. The molecule has 0 unspecified atom stereocenters. The van der Waals surface area contributed by atoms with E-state index >= 15 is 0 Å². The first kappa shape index (κ1) is 38.3. The summed E-state index contributed by atoms with van der Waals surface area (Å²) in [4.78, 5) is 34.8. The van der Waals surface area contributed by atoms with Crippen LogP contribution in [0.15, 0.2) is 0 Å². The maximum Gasteiger partial charge on any atom is 0.322 e. The molecule has 0 saturated carbocycles. The van der Waals surface area contributed by atoms with Crippen molar-refractivity contribution in [3.8, 4) is 0 Å². The van der Waals surface area contributed by atoms with Gasteiger partial charge in [-0.1, -0.05) is 0 Å². The second-order valence-electron chi connectivity index (χ2n) is 11.1. The first-order chi connectivity index (χ1) is 21.6. The van der Waals surface area contributed by atoms with Crippen molar-refractivity contribution in [2.24, 2.45) is 5.73 Å². The molecule has 0 spiro atoms. The molecule has 16 atom stereocenters. The molecule has 46 heavy (non-hydrogen) atoms. The van der Waals surface area contributed by atoms with Gasteiger partial charge in [-0.15, -0.1) is 0 Å². The SMILES string of the molecule is CC(=O)N[C@H]1[C@H](OC[C@H]2O[C@H](OC[C@H](N)C(=O)O)[C@H](NC(C)=O)[C@@H](O)[C@H]2O)O[C@H](CO)[C@@H](O[C@@H]2O[C@H](CO)[C@H](O)[C@H](O)[C@H]2O)[C@@H]1O. The maximum absolute atomic E-state index is 12.0. The van der Waals surface area contributed by atoms with Crippen molar-refractivity contribution in [1.82, 2.24) is 10.6 Å². The molecule has 3 aliphatic heterocycles. The highest BCUT2D eigenvalue weighted by molar-refractivity contribution is 5.74. The number of rotatable bonds is 13. The lowest BCUT2D eigenvalue weighted by Gasteiger charge is -2.47. The lowest BCUT2D eigenvalue weighted by Crippen LogP contribution is -2.68. The van der Waals surface area contributed by atoms with Gasteiger partial charge in [-0.3, -0.25) is 14.4 Å². The summed E-state index contributed by atoms with van der Waals surface area (Å²) in [6.07, 6.45) is -21.2. The van der Waals surface area contributed by atoms with Gasteiger partial charge in [0.1, 0.15) is 79.2 Å². The number of carbonyl (C=O) groups is 3. The van der Waals surface area contributed by atoms with Crippen LogP contribution >= 0.6 is 0 Å². The van der Waals surface area contributed by atoms with Crippen LogP contribution in [-0.2, 0) is 42.8 Å². The van der Waals surface area contributed by atoms with Gasteiger partial charge in [-0.25, -0.2) is 0 Å². The van der Waals surface area contributed by atoms with Crippen LogP contribution in [0.1, 0.15) is 13.8 Å². The van der Waals surface area contributed by atoms with Gasteiger partial charge in [-0.2, -0.15) is 0 Å². The van der Waals surface area contributed by atoms with E-state index in [-0.39, 0.29) is 0 Å². The van der Waals surface area contributed by atoms with Gasteiger partial charge in [0.2, 0.25) is 11.8 Å². The van der Waals surface area contributed by atoms with Crippen LogP contribution in [0.25, 0.3) is 0 Å². The summed E-state index contributed by atoms with van der Waals surface area (Å²) in [7, 11) is 0. The highest BCUT2D eigenvalue weighted by Gasteiger charge is 2.52. The number of carboxylic acid groups (broad SMARTS) is 1. The predicted octanol–water partition coefficient (Wildman–Crippen LogP) is -7.85. The molecular formula is C25H43N3O18. The quantitative estimate of drug-likeness (QED) is 0.0863. The number of hydrogen-bond donors (Lipinski definition) is 12. The average molecular weight is 674 g/mol. The lowest BCUT2D eigenvalue weighted by atomic mass is 9.95. The van der Waals surface area contributed by atoms with E-state index in [0.717, 1.165) is 13.8 Å². The smallest absolute Gasteiger partial charge is 0.322 e. The van der Waals surface area contributed by atoms with Crippen molar-refractivity contribution < 1.29 is 88.8 Å². The maximum atomic E-state index is 12.0. The number of carbonyl (C=O) groups excluding carboxylic acids is 2. The van der Waals surface area contributed by atoms with E-state index in [1.54, 1.807) is 0 Å². The van der Waals surface area contributed by atoms with Gasteiger partial charge in [-0.05, 0) is 0 Å². The molecule has 0 radical (unpaired) electrons. The van der Waals surface area contributed by atoms with Crippen molar-refractivity contribution in [1.29, 1.82) is 0 Å². The van der Waals surface area contributed by atoms with Crippen LogP contribution in [-0.4, -0.2) is 188 Å². The summed E-state index contributed by atoms with van der Waals surface area (Å²) in [6, 6.07) is -4.30. The van der Waals surface area contributed by atoms with Crippen LogP contribution in [0.5, 0.6) is 0 Å². The van der Waals surface area contributed by atoms with Crippen molar-refractivity contribution in [2.75, 3.05) is 26.4 Å². The van der Waals surface area contributed by atoms with Gasteiger partial charge in [0.05, 0.1) is 26.4 Å². The van der Waals surface area contributed by atoms with Gasteiger partial charge >= 0.3 is 5.97 Å². The Balaban J connectivity index is 1.76. The van der Waals surface area contributed by atoms with E-state index < -0.39 is 142 Å². The first-order valence-corrected chi connectivity index (χ1v) is 14.3. The molecular weight excluding hydrogens is 630 g/mol. The molecule has 266 valence electrons. The van der Waals surface area contributed by atoms with Gasteiger partial charge in [0.15, 0.2) is 18.9 Å². The molecule has 0 aliphatic carbocycles. The number of carboxylic acids is 1. The van der Waals surface area contributed by atoms with Gasteiger partial charge < -0.3 is 90.7 Å². The standard InChI is InChI=1S/C25H43N3O18/c1-7(31)27-13-17(35)16(34)12(45-23(13)41-5-9(26)22(39)40)6-42-24-14(28-8(2)32)18(36)21(11(4-30)44-24)46-25-20(38)19(37)15(33)10(3-29)43-25/h9-21,23-25,29-30,33-38H,3-6,26H2,1-2H3,(H,27,31)(H,28,32)(H,39,40)/t9-,10+,11+,12+,13+,14+,15-,16-,17+,18+,19-,20+,21+,23-,24+,25-/m0/s1. The normalized spacial score (nSPS) is 42.2. The molecule has 0 aromatic rings. The third kappa shape index (κ3) is 9.03. The van der Waals surface area contributed by atoms with E-state index in [1.165, 1.54) is 0 Å². The number of aliphatic hydroxyl groups is 8. The van der Waals surface area contributed by atoms with Crippen molar-refractivity contribution in [3.63, 3.8) is 0 Å². The zero-order valence-corrected chi connectivity index (χ0v) is 24.8. The number of nitrogens with one attached hydrogen (secondary N) is 2. The highest BCUT2D eigenvalue weighted by atomic mass is 16.7. The fraction of sp³-hybridized carbons (Fsp3) is 0.880. The summed E-state index contributed by atoms with van der Waals surface area (Å²) in [5.41, 5.74) is 5.47. The number of amides is 2. The first-order valence-electron chi connectivity index (χ1n) is 14.3. The molecule has 21 nitrogen and oxygen atoms in total. The Labute approximate surface area is 261 Å². The summed E-state index contributed by atoms with van der Waals surface area (Å²) in [6.45, 7) is -0.607. The molecule has 0 bridgehead atoms. The van der Waals surface area contributed by atoms with Crippen LogP contribution in [0.2, 0.25) is 0 Å². The molecule has 3 rings (SSSR count). The largest absolute Gasteiger partial charge is 0.480 e. The zero-order valence-electron chi connectivity index (χ0n) is 24.8. The molecule has 3 fully saturated rings. The fourth-order valence-corrected chi connectivity index (χ4v) is 5.16. The summed E-state index contributed by atoms with van der Waals surface area (Å²) in [5, 5.41) is 96.4. The predicted molar refractivity (Wildman–Crippen MR) is 144 cm³/mol. The van der Waals surface area contributed by atoms with Crippen LogP contribution in [0.4, 0.5) is 0 Å². The molecule has 13 N–H and O–H groups in total. The Morgan fingerprint density at radius 3 is 1.74 bits per heavy atom. The molecule has 3 saturated heterocycles. The zero-order chi connectivity index (χ0) is 34.5. The fourth-order valence-electron chi connectivity index (χ4n) is 5.16. The minimum absolute atomic E-state index is 0.608. The number of ether oxygens (including phenoxy) is 6. The second kappa shape index (κ2) is 16.8. The molecule has 3 aliphatic rings. The Morgan fingerprint density at radius 2 is 1.20 bits per heavy atom. The molecule has 0 aromatic heterocycles. The van der Waals surface area contributed by atoms with Gasteiger partial charge in [0.25, 0.3) is 0 Å². The summed E-state index contributed by atoms with van der Waals surface area (Å²) < 4.78 is 33.4. The molecule has 0 aromatic carbocycles. The summed E-state index contributed by atoms with van der Waals surface area (Å²) >= 11 is 0. The Bertz CT molecular complexity index is 1020. The van der Waals surface area contributed by atoms with Crippen molar-refractivity contribution in [2.45, 2.75) is 112 Å². The van der Waals surface area contributed by atoms with Crippen LogP contribution in [0, 0.1) is 0 Å². The van der Waals surface area contributed by atoms with E-state index in [9.17, 15) is 55.2 Å². The third-order valence-electron chi connectivity index (χ3n) is 7.62. The Hall–Kier alpha value is -2.19. The van der Waals surface area contributed by atoms with E-state index in [2.05, 4.69) is 10.6 Å². The van der Waals surface area contributed by atoms with Crippen LogP contribution < -0.4 is 16.4 Å². The highest BCUT2D eigenvalue weighted by Crippen LogP contribution is 2.31. The number of aliphatic hydroxyl groups excluding tert-OH is 8. The number of nitrogens with two attached hydrogens (primary N) is 1. The van der Waals surface area contributed by atoms with E-state index in [0.29, 0.717) is 0 Å². The minimum atomic E-state index is -1.87. The number of aliphatic carboxylic acids is 1. The third-order valence-corrected chi connectivity index (χ3v) is 7.62. The monoisotopic (exact) mass is 673 g/mol. The molecule has 2 amide bonds. The van der Waals surface area contributed by atoms with E-state index in [4.69, 9.17) is 39.3 Å². The Kier molecular flexibility index (Phi) is 13.9. The van der Waals surface area contributed by atoms with E-state index in [1.807, 2.05) is 0 Å². The molecule has 3 heterocycles.